The molecule has 3 aromatic heterocycles. The van der Waals surface area contributed by atoms with Crippen LogP contribution in [0.15, 0.2) is 21.6 Å². The fourth-order valence-electron chi connectivity index (χ4n) is 4.32. The third kappa shape index (κ3) is 3.76. The molecule has 1 aliphatic rings. The Bertz CT molecular complexity index is 1180. The number of nitrogens with two attached hydrogens (primary N) is 1. The average molecular weight is 443 g/mol. The van der Waals surface area contributed by atoms with E-state index in [2.05, 4.69) is 16.9 Å². The first kappa shape index (κ1) is 21.2. The highest BCUT2D eigenvalue weighted by Gasteiger charge is 2.29. The summed E-state index contributed by atoms with van der Waals surface area (Å²) in [6, 6.07) is 2.01. The smallest absolute Gasteiger partial charge is 0.330 e. The third-order valence-corrected chi connectivity index (χ3v) is 6.58. The van der Waals surface area contributed by atoms with Crippen LogP contribution in [0, 0.1) is 0 Å². The molecule has 1 atom stereocenters. The van der Waals surface area contributed by atoms with Gasteiger partial charge in [-0.3, -0.25) is 18.7 Å². The van der Waals surface area contributed by atoms with Crippen molar-refractivity contribution in [1.82, 2.24) is 24.0 Å². The first-order chi connectivity index (χ1) is 15.0. The van der Waals surface area contributed by atoms with Crippen molar-refractivity contribution >= 4 is 34.3 Å². The minimum Gasteiger partial charge on any atom is -0.364 e. The van der Waals surface area contributed by atoms with E-state index in [1.807, 2.05) is 28.7 Å². The van der Waals surface area contributed by atoms with E-state index in [9.17, 15) is 14.4 Å². The molecule has 0 saturated carbocycles. The number of thiophene rings is 1. The first-order valence-corrected chi connectivity index (χ1v) is 11.5. The van der Waals surface area contributed by atoms with Crippen LogP contribution < -0.4 is 11.4 Å². The largest absolute Gasteiger partial charge is 0.364 e. The number of likely N-dealkylation sites (tertiary alicyclic amines) is 1. The normalized spacial score (nSPS) is 16.7. The summed E-state index contributed by atoms with van der Waals surface area (Å²) in [6.07, 6.45) is 3.89. The second-order valence-electron chi connectivity index (χ2n) is 7.70. The molecule has 0 radical (unpaired) electrons. The summed E-state index contributed by atoms with van der Waals surface area (Å²) < 4.78 is 2.76. The van der Waals surface area contributed by atoms with Crippen molar-refractivity contribution in [1.29, 1.82) is 0 Å². The molecule has 3 aromatic rings. The SMILES string of the molecule is CC[C@H]1CCCCN1C(=O)Cn1c(=O)n(CC)c2nc(-c3ccsc3)nc(C(N)=O)c21. The molecule has 4 heterocycles. The number of primary amides is 1. The summed E-state index contributed by atoms with van der Waals surface area (Å²) in [6.45, 7) is 4.74. The highest BCUT2D eigenvalue weighted by atomic mass is 32.1. The lowest BCUT2D eigenvalue weighted by Gasteiger charge is -2.35. The van der Waals surface area contributed by atoms with Crippen LogP contribution in [0.5, 0.6) is 0 Å². The van der Waals surface area contributed by atoms with E-state index in [0.29, 0.717) is 24.6 Å². The van der Waals surface area contributed by atoms with Crippen molar-refractivity contribution in [3.8, 4) is 11.4 Å². The summed E-state index contributed by atoms with van der Waals surface area (Å²) in [5, 5.41) is 3.74. The van der Waals surface area contributed by atoms with E-state index in [0.717, 1.165) is 31.2 Å². The number of fused-ring (bicyclic) bond motifs is 1. The summed E-state index contributed by atoms with van der Waals surface area (Å²) >= 11 is 1.48. The molecule has 0 aliphatic carbocycles. The molecule has 0 aromatic carbocycles. The van der Waals surface area contributed by atoms with Gasteiger partial charge < -0.3 is 10.6 Å². The lowest BCUT2D eigenvalue weighted by atomic mass is 10.00. The Morgan fingerprint density at radius 1 is 1.23 bits per heavy atom. The predicted molar refractivity (Wildman–Crippen MR) is 119 cm³/mol. The lowest BCUT2D eigenvalue weighted by molar-refractivity contribution is -0.135. The molecular formula is C21H26N6O3S. The van der Waals surface area contributed by atoms with Gasteiger partial charge in [0, 0.05) is 30.1 Å². The molecule has 2 amide bonds. The quantitative estimate of drug-likeness (QED) is 0.628. The number of aryl methyl sites for hydroxylation is 1. The van der Waals surface area contributed by atoms with Gasteiger partial charge in [-0.25, -0.2) is 14.8 Å². The number of piperidine rings is 1. The van der Waals surface area contributed by atoms with Crippen molar-refractivity contribution in [2.24, 2.45) is 5.73 Å². The molecule has 9 nitrogen and oxygen atoms in total. The molecule has 10 heteroatoms. The summed E-state index contributed by atoms with van der Waals surface area (Å²) in [5.41, 5.74) is 6.48. The van der Waals surface area contributed by atoms with Gasteiger partial charge in [-0.2, -0.15) is 11.3 Å². The highest BCUT2D eigenvalue weighted by Crippen LogP contribution is 2.24. The number of rotatable bonds is 6. The topological polar surface area (TPSA) is 116 Å². The van der Waals surface area contributed by atoms with Crippen molar-refractivity contribution in [3.63, 3.8) is 0 Å². The number of hydrogen-bond acceptors (Lipinski definition) is 6. The van der Waals surface area contributed by atoms with E-state index in [1.165, 1.54) is 20.5 Å². The highest BCUT2D eigenvalue weighted by molar-refractivity contribution is 7.08. The van der Waals surface area contributed by atoms with Crippen LogP contribution in [-0.2, 0) is 17.9 Å². The van der Waals surface area contributed by atoms with Gasteiger partial charge >= 0.3 is 5.69 Å². The van der Waals surface area contributed by atoms with Gasteiger partial charge in [0.05, 0.1) is 0 Å². The molecule has 0 bridgehead atoms. The van der Waals surface area contributed by atoms with Gasteiger partial charge in [0.1, 0.15) is 12.1 Å². The van der Waals surface area contributed by atoms with Crippen LogP contribution in [0.2, 0.25) is 0 Å². The van der Waals surface area contributed by atoms with E-state index in [4.69, 9.17) is 5.73 Å². The maximum absolute atomic E-state index is 13.2. The number of amides is 2. The van der Waals surface area contributed by atoms with Gasteiger partial charge in [0.2, 0.25) is 5.91 Å². The zero-order chi connectivity index (χ0) is 22.1. The number of hydrogen-bond donors (Lipinski definition) is 1. The Kier molecular flexibility index (Phi) is 5.90. The maximum atomic E-state index is 13.2. The Morgan fingerprint density at radius 2 is 2.03 bits per heavy atom. The molecule has 1 aliphatic heterocycles. The Hall–Kier alpha value is -3.01. The lowest BCUT2D eigenvalue weighted by Crippen LogP contribution is -2.45. The Morgan fingerprint density at radius 3 is 2.68 bits per heavy atom. The van der Waals surface area contributed by atoms with Gasteiger partial charge in [0.15, 0.2) is 17.2 Å². The fraction of sp³-hybridized carbons (Fsp3) is 0.476. The van der Waals surface area contributed by atoms with Crippen LogP contribution in [0.4, 0.5) is 0 Å². The van der Waals surface area contributed by atoms with Crippen molar-refractivity contribution in [2.75, 3.05) is 6.54 Å². The van der Waals surface area contributed by atoms with Crippen LogP contribution in [0.3, 0.4) is 0 Å². The van der Waals surface area contributed by atoms with Crippen LogP contribution in [0.25, 0.3) is 22.6 Å². The number of carbonyl (C=O) groups is 2. The predicted octanol–water partition coefficient (Wildman–Crippen LogP) is 2.23. The van der Waals surface area contributed by atoms with E-state index < -0.39 is 11.6 Å². The molecular weight excluding hydrogens is 416 g/mol. The van der Waals surface area contributed by atoms with Crippen molar-refractivity contribution in [2.45, 2.75) is 58.7 Å². The van der Waals surface area contributed by atoms with Crippen molar-refractivity contribution < 1.29 is 9.59 Å². The summed E-state index contributed by atoms with van der Waals surface area (Å²) in [7, 11) is 0. The second kappa shape index (κ2) is 8.62. The molecule has 1 fully saturated rings. The molecule has 0 spiro atoms. The van der Waals surface area contributed by atoms with Gasteiger partial charge in [-0.05, 0) is 44.1 Å². The fourth-order valence-corrected chi connectivity index (χ4v) is 4.95. The first-order valence-electron chi connectivity index (χ1n) is 10.6. The van der Waals surface area contributed by atoms with Gasteiger partial charge in [0.25, 0.3) is 5.91 Å². The zero-order valence-corrected chi connectivity index (χ0v) is 18.5. The van der Waals surface area contributed by atoms with E-state index in [-0.39, 0.29) is 29.7 Å². The third-order valence-electron chi connectivity index (χ3n) is 5.89. The van der Waals surface area contributed by atoms with Crippen LogP contribution in [-0.4, -0.2) is 48.4 Å². The van der Waals surface area contributed by atoms with Gasteiger partial charge in [-0.1, -0.05) is 6.92 Å². The van der Waals surface area contributed by atoms with Gasteiger partial charge in [-0.15, -0.1) is 0 Å². The van der Waals surface area contributed by atoms with Crippen LogP contribution in [0.1, 0.15) is 50.0 Å². The number of aromatic nitrogens is 4. The monoisotopic (exact) mass is 442 g/mol. The number of imidazole rings is 1. The minimum atomic E-state index is -0.761. The number of nitrogens with zero attached hydrogens (tertiary/aromatic N) is 5. The van der Waals surface area contributed by atoms with Crippen molar-refractivity contribution in [3.05, 3.63) is 33.0 Å². The molecule has 1 saturated heterocycles. The maximum Gasteiger partial charge on any atom is 0.330 e. The van der Waals surface area contributed by atoms with Crippen LogP contribution >= 0.6 is 11.3 Å². The molecule has 31 heavy (non-hydrogen) atoms. The number of carbonyl (C=O) groups excluding carboxylic acids is 2. The molecule has 0 unspecified atom stereocenters. The minimum absolute atomic E-state index is 0.0472. The molecule has 164 valence electrons. The van der Waals surface area contributed by atoms with E-state index in [1.54, 1.807) is 0 Å². The molecule has 4 rings (SSSR count). The zero-order valence-electron chi connectivity index (χ0n) is 17.7. The Labute approximate surface area is 183 Å². The summed E-state index contributed by atoms with van der Waals surface area (Å²) in [5.74, 6) is -0.570. The standard InChI is InChI=1S/C21H26N6O3S/c1-3-14-7-5-6-9-26(14)15(28)11-27-17-16(18(22)29)23-19(13-8-10-31-12-13)24-20(17)25(4-2)21(27)30/h8,10,12,14H,3-7,9,11H2,1-2H3,(H2,22,29)/t14-/m0/s1. The summed E-state index contributed by atoms with van der Waals surface area (Å²) in [4.78, 5) is 49.5. The van der Waals surface area contributed by atoms with E-state index >= 15 is 0 Å². The average Bonchev–Trinajstić information content (AvgIpc) is 3.40. The molecule has 2 N–H and O–H groups in total. The Balaban J connectivity index is 1.85. The second-order valence-corrected chi connectivity index (χ2v) is 8.48.